The third-order valence-corrected chi connectivity index (χ3v) is 3.42. The van der Waals surface area contributed by atoms with Crippen LogP contribution in [0.25, 0.3) is 0 Å². The minimum Gasteiger partial charge on any atom is -0.466 e. The number of carbonyl (C=O) groups is 2. The van der Waals surface area contributed by atoms with Crippen LogP contribution in [-0.4, -0.2) is 23.2 Å². The second-order valence-corrected chi connectivity index (χ2v) is 6.00. The van der Waals surface area contributed by atoms with Gasteiger partial charge in [0.2, 0.25) is 0 Å². The molecule has 0 aliphatic heterocycles. The van der Waals surface area contributed by atoms with Crippen LogP contribution in [0.1, 0.15) is 29.8 Å². The van der Waals surface area contributed by atoms with Crippen molar-refractivity contribution in [3.8, 4) is 0 Å². The molecular weight excluding hydrogens is 364 g/mol. The summed E-state index contributed by atoms with van der Waals surface area (Å²) in [5, 5.41) is 0. The fraction of sp³-hybridized carbons (Fsp3) is 0.385. The van der Waals surface area contributed by atoms with Crippen molar-refractivity contribution in [2.45, 2.75) is 25.1 Å². The van der Waals surface area contributed by atoms with Crippen LogP contribution >= 0.6 is 31.9 Å². The number of benzene rings is 1. The zero-order chi connectivity index (χ0) is 13.7. The standard InChI is InChI=1S/C13H14Br2O3/c1-3-18-12(16)7-9-4-5-11(15)10(6-9)13(17)8(2)14/h4-6,8H,3,7H2,1-2H3. The summed E-state index contributed by atoms with van der Waals surface area (Å²) in [7, 11) is 0. The van der Waals surface area contributed by atoms with Crippen LogP contribution in [0.4, 0.5) is 0 Å². The van der Waals surface area contributed by atoms with E-state index in [4.69, 9.17) is 4.74 Å². The lowest BCUT2D eigenvalue weighted by molar-refractivity contribution is -0.142. The molecule has 0 heterocycles. The molecule has 0 bridgehead atoms. The van der Waals surface area contributed by atoms with Gasteiger partial charge < -0.3 is 4.74 Å². The minimum atomic E-state index is -0.287. The maximum absolute atomic E-state index is 11.9. The topological polar surface area (TPSA) is 43.4 Å². The molecule has 5 heteroatoms. The average molecular weight is 378 g/mol. The van der Waals surface area contributed by atoms with Gasteiger partial charge in [0, 0.05) is 10.0 Å². The van der Waals surface area contributed by atoms with E-state index in [0.29, 0.717) is 12.2 Å². The Morgan fingerprint density at radius 2 is 2.06 bits per heavy atom. The van der Waals surface area contributed by atoms with Gasteiger partial charge in [-0.2, -0.15) is 0 Å². The summed E-state index contributed by atoms with van der Waals surface area (Å²) in [5.74, 6) is -0.308. The number of Topliss-reactive ketones (excluding diaryl/α,β-unsaturated/α-hetero) is 1. The highest BCUT2D eigenvalue weighted by Crippen LogP contribution is 2.22. The van der Waals surface area contributed by atoms with Crippen LogP contribution in [-0.2, 0) is 16.0 Å². The van der Waals surface area contributed by atoms with E-state index in [1.54, 1.807) is 32.0 Å². The van der Waals surface area contributed by atoms with Crippen LogP contribution < -0.4 is 0 Å². The van der Waals surface area contributed by atoms with E-state index < -0.39 is 0 Å². The Labute approximate surface area is 123 Å². The molecule has 0 spiro atoms. The summed E-state index contributed by atoms with van der Waals surface area (Å²) in [6.07, 6.45) is 0.179. The fourth-order valence-corrected chi connectivity index (χ4v) is 2.15. The first kappa shape index (κ1) is 15.4. The summed E-state index contributed by atoms with van der Waals surface area (Å²) in [6, 6.07) is 5.30. The van der Waals surface area contributed by atoms with Gasteiger partial charge in [-0.3, -0.25) is 9.59 Å². The van der Waals surface area contributed by atoms with Crippen LogP contribution in [0, 0.1) is 0 Å². The Hall–Kier alpha value is -0.680. The Morgan fingerprint density at radius 3 is 2.61 bits per heavy atom. The molecule has 0 N–H and O–H groups in total. The van der Waals surface area contributed by atoms with E-state index in [-0.39, 0.29) is 23.0 Å². The highest BCUT2D eigenvalue weighted by molar-refractivity contribution is 9.10. The molecule has 0 saturated carbocycles. The number of halogens is 2. The number of ether oxygens (including phenoxy) is 1. The Kier molecular flexibility index (Phi) is 6.02. The second-order valence-electron chi connectivity index (χ2n) is 3.78. The van der Waals surface area contributed by atoms with Crippen molar-refractivity contribution in [2.24, 2.45) is 0 Å². The molecule has 0 aromatic heterocycles. The molecule has 0 aliphatic rings. The second kappa shape index (κ2) is 7.04. The molecule has 0 aliphatic carbocycles. The van der Waals surface area contributed by atoms with E-state index in [1.807, 2.05) is 0 Å². The van der Waals surface area contributed by atoms with Crippen molar-refractivity contribution < 1.29 is 14.3 Å². The number of ketones is 1. The molecule has 1 aromatic carbocycles. The third kappa shape index (κ3) is 4.21. The largest absolute Gasteiger partial charge is 0.466 e. The van der Waals surface area contributed by atoms with Crippen molar-refractivity contribution in [2.75, 3.05) is 6.61 Å². The molecule has 1 atom stereocenters. The summed E-state index contributed by atoms with van der Waals surface area (Å²) in [6.45, 7) is 3.90. The SMILES string of the molecule is CCOC(=O)Cc1ccc(Br)c(C(=O)C(C)Br)c1. The Bertz CT molecular complexity index is 456. The predicted molar refractivity (Wildman–Crippen MR) is 77.2 cm³/mol. The van der Waals surface area contributed by atoms with E-state index in [2.05, 4.69) is 31.9 Å². The molecule has 1 aromatic rings. The number of carbonyl (C=O) groups excluding carboxylic acids is 2. The van der Waals surface area contributed by atoms with Crippen molar-refractivity contribution in [3.63, 3.8) is 0 Å². The fourth-order valence-electron chi connectivity index (χ4n) is 1.46. The van der Waals surface area contributed by atoms with Gasteiger partial charge in [0.15, 0.2) is 5.78 Å². The summed E-state index contributed by atoms with van der Waals surface area (Å²) in [5.41, 5.74) is 1.34. The number of esters is 1. The van der Waals surface area contributed by atoms with Gasteiger partial charge >= 0.3 is 5.97 Å². The molecule has 1 unspecified atom stereocenters. The van der Waals surface area contributed by atoms with Gasteiger partial charge in [-0.05, 0) is 31.5 Å². The lowest BCUT2D eigenvalue weighted by Gasteiger charge is -2.08. The van der Waals surface area contributed by atoms with Crippen LogP contribution in [0.5, 0.6) is 0 Å². The number of hydrogen-bond acceptors (Lipinski definition) is 3. The predicted octanol–water partition coefficient (Wildman–Crippen LogP) is 3.52. The summed E-state index contributed by atoms with van der Waals surface area (Å²) in [4.78, 5) is 23.1. The summed E-state index contributed by atoms with van der Waals surface area (Å²) >= 11 is 6.59. The van der Waals surface area contributed by atoms with Gasteiger partial charge in [-0.15, -0.1) is 0 Å². The van der Waals surface area contributed by atoms with Gasteiger partial charge in [0.25, 0.3) is 0 Å². The zero-order valence-electron chi connectivity index (χ0n) is 10.2. The van der Waals surface area contributed by atoms with Crippen LogP contribution in [0.3, 0.4) is 0 Å². The van der Waals surface area contributed by atoms with E-state index in [0.717, 1.165) is 10.0 Å². The maximum atomic E-state index is 11.9. The van der Waals surface area contributed by atoms with Crippen molar-refractivity contribution in [3.05, 3.63) is 33.8 Å². The molecule has 18 heavy (non-hydrogen) atoms. The lowest BCUT2D eigenvalue weighted by Crippen LogP contribution is -2.12. The Balaban J connectivity index is 2.94. The first-order valence-electron chi connectivity index (χ1n) is 5.58. The first-order valence-corrected chi connectivity index (χ1v) is 7.29. The smallest absolute Gasteiger partial charge is 0.310 e. The van der Waals surface area contributed by atoms with Gasteiger partial charge in [-0.25, -0.2) is 0 Å². The van der Waals surface area contributed by atoms with Crippen LogP contribution in [0.15, 0.2) is 22.7 Å². The van der Waals surface area contributed by atoms with E-state index in [1.165, 1.54) is 0 Å². The third-order valence-electron chi connectivity index (χ3n) is 2.31. The summed E-state index contributed by atoms with van der Waals surface area (Å²) < 4.78 is 5.61. The molecule has 98 valence electrons. The Morgan fingerprint density at radius 1 is 1.39 bits per heavy atom. The quantitative estimate of drug-likeness (QED) is 0.448. The number of alkyl halides is 1. The van der Waals surface area contributed by atoms with Crippen molar-refractivity contribution in [1.29, 1.82) is 0 Å². The average Bonchev–Trinajstić information content (AvgIpc) is 2.31. The molecule has 0 radical (unpaired) electrons. The normalized spacial score (nSPS) is 12.0. The molecule has 3 nitrogen and oxygen atoms in total. The van der Waals surface area contributed by atoms with Gasteiger partial charge in [-0.1, -0.05) is 37.9 Å². The highest BCUT2D eigenvalue weighted by atomic mass is 79.9. The van der Waals surface area contributed by atoms with E-state index in [9.17, 15) is 9.59 Å². The molecule has 1 rings (SSSR count). The monoisotopic (exact) mass is 376 g/mol. The molecule has 0 saturated heterocycles. The molecular formula is C13H14Br2O3. The van der Waals surface area contributed by atoms with Crippen molar-refractivity contribution >= 4 is 43.6 Å². The minimum absolute atomic E-state index is 0.0208. The van der Waals surface area contributed by atoms with Gasteiger partial charge in [0.05, 0.1) is 17.9 Å². The first-order chi connectivity index (χ1) is 8.45. The van der Waals surface area contributed by atoms with Crippen molar-refractivity contribution in [1.82, 2.24) is 0 Å². The molecule has 0 amide bonds. The van der Waals surface area contributed by atoms with Gasteiger partial charge in [0.1, 0.15) is 0 Å². The van der Waals surface area contributed by atoms with E-state index >= 15 is 0 Å². The highest BCUT2D eigenvalue weighted by Gasteiger charge is 2.16. The number of hydrogen-bond donors (Lipinski definition) is 0. The molecule has 0 fully saturated rings. The zero-order valence-corrected chi connectivity index (χ0v) is 13.4. The lowest BCUT2D eigenvalue weighted by atomic mass is 10.0. The maximum Gasteiger partial charge on any atom is 0.310 e. The number of rotatable bonds is 5. The van der Waals surface area contributed by atoms with Crippen LogP contribution in [0.2, 0.25) is 0 Å².